The summed E-state index contributed by atoms with van der Waals surface area (Å²) in [5.74, 6) is -0.443. The van der Waals surface area contributed by atoms with Gasteiger partial charge in [-0.05, 0) is 20.8 Å². The molecule has 0 aliphatic heterocycles. The third kappa shape index (κ3) is 3.32. The number of allylic oxidation sites excluding steroid dienone is 1. The van der Waals surface area contributed by atoms with Crippen molar-refractivity contribution in [1.82, 2.24) is 0 Å². The number of hydrogen-bond acceptors (Lipinski definition) is 3. The molecule has 0 bridgehead atoms. The zero-order valence-corrected chi connectivity index (χ0v) is 7.93. The third-order valence-electron chi connectivity index (χ3n) is 1.46. The Bertz CT molecular complexity index is 222. The van der Waals surface area contributed by atoms with Crippen molar-refractivity contribution in [2.45, 2.75) is 27.2 Å². The first-order valence-corrected chi connectivity index (χ1v) is 3.73. The van der Waals surface area contributed by atoms with Crippen LogP contribution in [0.4, 0.5) is 0 Å². The minimum Gasteiger partial charge on any atom is -0.466 e. The van der Waals surface area contributed by atoms with Crippen molar-refractivity contribution < 1.29 is 14.3 Å². The van der Waals surface area contributed by atoms with Crippen molar-refractivity contribution in [2.24, 2.45) is 0 Å². The number of methoxy groups -OCH3 is 1. The van der Waals surface area contributed by atoms with Gasteiger partial charge in [0.2, 0.25) is 0 Å². The summed E-state index contributed by atoms with van der Waals surface area (Å²) in [6.45, 7) is 5.02. The van der Waals surface area contributed by atoms with Crippen LogP contribution in [0.3, 0.4) is 0 Å². The second-order valence-electron chi connectivity index (χ2n) is 2.85. The summed E-state index contributed by atoms with van der Waals surface area (Å²) in [7, 11) is 1.31. The molecule has 12 heavy (non-hydrogen) atoms. The van der Waals surface area contributed by atoms with Gasteiger partial charge in [0.1, 0.15) is 5.78 Å². The lowest BCUT2D eigenvalue weighted by molar-refractivity contribution is -0.137. The molecule has 0 radical (unpaired) electrons. The Morgan fingerprint density at radius 3 is 1.92 bits per heavy atom. The van der Waals surface area contributed by atoms with Gasteiger partial charge < -0.3 is 4.74 Å². The highest BCUT2D eigenvalue weighted by atomic mass is 16.5. The summed E-state index contributed by atoms with van der Waals surface area (Å²) in [4.78, 5) is 21.8. The number of hydrogen-bond donors (Lipinski definition) is 0. The molecule has 0 rings (SSSR count). The Hall–Kier alpha value is -1.12. The smallest absolute Gasteiger partial charge is 0.334 e. The Morgan fingerprint density at radius 2 is 1.67 bits per heavy atom. The van der Waals surface area contributed by atoms with Crippen LogP contribution in [0.1, 0.15) is 27.2 Å². The van der Waals surface area contributed by atoms with Gasteiger partial charge in [0, 0.05) is 12.0 Å². The molecule has 0 atom stereocenters. The lowest BCUT2D eigenvalue weighted by Crippen LogP contribution is -2.09. The van der Waals surface area contributed by atoms with Crippen LogP contribution in [-0.2, 0) is 14.3 Å². The Kier molecular flexibility index (Phi) is 4.26. The van der Waals surface area contributed by atoms with Gasteiger partial charge in [-0.3, -0.25) is 4.79 Å². The molecule has 0 unspecified atom stereocenters. The van der Waals surface area contributed by atoms with E-state index in [1.54, 1.807) is 13.8 Å². The van der Waals surface area contributed by atoms with Crippen LogP contribution in [0.5, 0.6) is 0 Å². The molecule has 0 spiro atoms. The molecule has 0 fully saturated rings. The summed E-state index contributed by atoms with van der Waals surface area (Å²) in [6, 6.07) is 0. The fourth-order valence-corrected chi connectivity index (χ4v) is 0.825. The minimum atomic E-state index is -0.412. The van der Waals surface area contributed by atoms with E-state index in [1.165, 1.54) is 14.0 Å². The van der Waals surface area contributed by atoms with Gasteiger partial charge >= 0.3 is 5.97 Å². The summed E-state index contributed by atoms with van der Waals surface area (Å²) in [5.41, 5.74) is 1.29. The van der Waals surface area contributed by atoms with Gasteiger partial charge in [-0.25, -0.2) is 4.79 Å². The first-order chi connectivity index (χ1) is 5.49. The summed E-state index contributed by atoms with van der Waals surface area (Å²) < 4.78 is 4.53. The molecule has 3 nitrogen and oxygen atoms in total. The Balaban J connectivity index is 4.58. The number of Topliss-reactive ketones (excluding diaryl/α,β-unsaturated/α-hetero) is 1. The predicted octanol–water partition coefficient (Wildman–Crippen LogP) is 1.47. The van der Waals surface area contributed by atoms with Gasteiger partial charge in [-0.2, -0.15) is 0 Å². The van der Waals surface area contributed by atoms with Crippen LogP contribution >= 0.6 is 0 Å². The zero-order chi connectivity index (χ0) is 9.72. The average molecular weight is 170 g/mol. The van der Waals surface area contributed by atoms with Crippen LogP contribution in [0, 0.1) is 0 Å². The quantitative estimate of drug-likeness (QED) is 0.476. The van der Waals surface area contributed by atoms with E-state index in [0.29, 0.717) is 5.57 Å². The second kappa shape index (κ2) is 4.70. The molecule has 3 heteroatoms. The maximum absolute atomic E-state index is 11.1. The summed E-state index contributed by atoms with van der Waals surface area (Å²) >= 11 is 0. The molecule has 0 aliphatic carbocycles. The molecule has 0 aliphatic rings. The number of carbonyl (C=O) groups excluding carboxylic acids is 2. The van der Waals surface area contributed by atoms with Gasteiger partial charge in [0.05, 0.1) is 7.11 Å². The van der Waals surface area contributed by atoms with Gasteiger partial charge in [-0.15, -0.1) is 0 Å². The van der Waals surface area contributed by atoms with Crippen molar-refractivity contribution in [3.8, 4) is 0 Å². The second-order valence-corrected chi connectivity index (χ2v) is 2.85. The number of ketones is 1. The highest BCUT2D eigenvalue weighted by molar-refractivity contribution is 5.95. The van der Waals surface area contributed by atoms with Crippen molar-refractivity contribution >= 4 is 11.8 Å². The van der Waals surface area contributed by atoms with E-state index in [9.17, 15) is 9.59 Å². The van der Waals surface area contributed by atoms with E-state index >= 15 is 0 Å². The number of esters is 1. The van der Waals surface area contributed by atoms with Gasteiger partial charge in [0.15, 0.2) is 0 Å². The number of carbonyl (C=O) groups is 2. The fraction of sp³-hybridized carbons (Fsp3) is 0.556. The molecule has 0 aromatic carbocycles. The van der Waals surface area contributed by atoms with E-state index in [1.807, 2.05) is 0 Å². The molecule has 0 aromatic rings. The molecule has 0 saturated heterocycles. The van der Waals surface area contributed by atoms with E-state index < -0.39 is 5.97 Å². The largest absolute Gasteiger partial charge is 0.466 e. The SMILES string of the molecule is COC(=O)C(CC(C)=O)=C(C)C. The van der Waals surface area contributed by atoms with Crippen LogP contribution in [0.25, 0.3) is 0 Å². The molecule has 0 heterocycles. The Labute approximate surface area is 72.4 Å². The molecular formula is C9H14O3. The fourth-order valence-electron chi connectivity index (χ4n) is 0.825. The molecule has 0 saturated carbocycles. The van der Waals surface area contributed by atoms with Crippen LogP contribution in [0.2, 0.25) is 0 Å². The summed E-state index contributed by atoms with van der Waals surface area (Å²) in [5, 5.41) is 0. The highest BCUT2D eigenvalue weighted by Gasteiger charge is 2.12. The molecule has 68 valence electrons. The maximum Gasteiger partial charge on any atom is 0.334 e. The first-order valence-electron chi connectivity index (χ1n) is 3.73. The first kappa shape index (κ1) is 10.9. The minimum absolute atomic E-state index is 0.0309. The molecule has 0 aromatic heterocycles. The van der Waals surface area contributed by atoms with Crippen molar-refractivity contribution in [3.05, 3.63) is 11.1 Å². The van der Waals surface area contributed by atoms with Crippen molar-refractivity contribution in [2.75, 3.05) is 7.11 Å². The van der Waals surface area contributed by atoms with Crippen LogP contribution in [-0.4, -0.2) is 18.9 Å². The van der Waals surface area contributed by atoms with E-state index in [0.717, 1.165) is 5.57 Å². The molecular weight excluding hydrogens is 156 g/mol. The molecule has 0 N–H and O–H groups in total. The molecule has 0 amide bonds. The zero-order valence-electron chi connectivity index (χ0n) is 7.93. The van der Waals surface area contributed by atoms with Crippen molar-refractivity contribution in [1.29, 1.82) is 0 Å². The lowest BCUT2D eigenvalue weighted by Gasteiger charge is -2.04. The maximum atomic E-state index is 11.1. The number of ether oxygens (including phenoxy) is 1. The monoisotopic (exact) mass is 170 g/mol. The van der Waals surface area contributed by atoms with E-state index in [-0.39, 0.29) is 12.2 Å². The highest BCUT2D eigenvalue weighted by Crippen LogP contribution is 2.10. The normalized spacial score (nSPS) is 9.00. The van der Waals surface area contributed by atoms with Gasteiger partial charge in [0.25, 0.3) is 0 Å². The van der Waals surface area contributed by atoms with Crippen molar-refractivity contribution in [3.63, 3.8) is 0 Å². The van der Waals surface area contributed by atoms with Gasteiger partial charge in [-0.1, -0.05) is 5.57 Å². The van der Waals surface area contributed by atoms with E-state index in [4.69, 9.17) is 0 Å². The number of rotatable bonds is 3. The van der Waals surface area contributed by atoms with Crippen LogP contribution < -0.4 is 0 Å². The third-order valence-corrected chi connectivity index (χ3v) is 1.46. The lowest BCUT2D eigenvalue weighted by atomic mass is 10.1. The average Bonchev–Trinajstić information content (AvgIpc) is 1.98. The standard InChI is InChI=1S/C9H14O3/c1-6(2)8(5-7(3)10)9(11)12-4/h5H2,1-4H3. The summed E-state index contributed by atoms with van der Waals surface area (Å²) in [6.07, 6.45) is 0.162. The van der Waals surface area contributed by atoms with Crippen LogP contribution in [0.15, 0.2) is 11.1 Å². The Morgan fingerprint density at radius 1 is 1.17 bits per heavy atom. The predicted molar refractivity (Wildman–Crippen MR) is 45.7 cm³/mol. The van der Waals surface area contributed by atoms with E-state index in [2.05, 4.69) is 4.74 Å². The topological polar surface area (TPSA) is 43.4 Å².